The van der Waals surface area contributed by atoms with Crippen LogP contribution in [-0.4, -0.2) is 57.5 Å². The summed E-state index contributed by atoms with van der Waals surface area (Å²) >= 11 is 0. The van der Waals surface area contributed by atoms with Crippen molar-refractivity contribution in [1.29, 1.82) is 0 Å². The van der Waals surface area contributed by atoms with Crippen molar-refractivity contribution < 1.29 is 22.7 Å². The van der Waals surface area contributed by atoms with E-state index in [9.17, 15) is 18.0 Å². The minimum absolute atomic E-state index is 0.0411. The molecule has 1 amide bonds. The molecule has 8 nitrogen and oxygen atoms in total. The van der Waals surface area contributed by atoms with E-state index in [-0.39, 0.29) is 24.2 Å². The van der Waals surface area contributed by atoms with Gasteiger partial charge in [-0.3, -0.25) is 4.79 Å². The number of nitrogens with one attached hydrogen (secondary N) is 1. The van der Waals surface area contributed by atoms with Crippen molar-refractivity contribution in [3.05, 3.63) is 42.4 Å². The maximum absolute atomic E-state index is 13.1. The summed E-state index contributed by atoms with van der Waals surface area (Å²) in [6, 6.07) is 4.23. The van der Waals surface area contributed by atoms with Gasteiger partial charge in [0.15, 0.2) is 5.82 Å². The number of likely N-dealkylation sites (N-methyl/N-ethyl adjacent to an activating group) is 1. The summed E-state index contributed by atoms with van der Waals surface area (Å²) in [5.74, 6) is -0.568. The molecule has 1 unspecified atom stereocenters. The van der Waals surface area contributed by atoms with Gasteiger partial charge >= 0.3 is 6.18 Å². The molecule has 0 saturated carbocycles. The van der Waals surface area contributed by atoms with Crippen molar-refractivity contribution >= 4 is 23.2 Å². The number of ether oxygens (including phenoxy) is 1. The predicted octanol–water partition coefficient (Wildman–Crippen LogP) is 3.05. The van der Waals surface area contributed by atoms with E-state index in [1.807, 2.05) is 0 Å². The largest absolute Gasteiger partial charge is 0.419 e. The standard InChI is InChI=1S/C21H23F3N6O2/c1-2-29-6-5-15(10-29)32-12-19(31)28-17-11-30-9-13(3-4-18(30)27-17)14-7-16(21(22,23)24)20(25)26-8-14/h3-4,7-9,11,15H,2,5-6,10,12H2,1H3,(H2,25,26)(H,28,31). The lowest BCUT2D eigenvalue weighted by molar-refractivity contribution is -0.137. The van der Waals surface area contributed by atoms with Gasteiger partial charge in [-0.25, -0.2) is 9.97 Å². The Morgan fingerprint density at radius 3 is 2.84 bits per heavy atom. The number of carbonyl (C=O) groups is 1. The minimum Gasteiger partial charge on any atom is -0.383 e. The fourth-order valence-electron chi connectivity index (χ4n) is 3.68. The molecule has 0 bridgehead atoms. The highest BCUT2D eigenvalue weighted by molar-refractivity contribution is 5.91. The number of hydrogen-bond donors (Lipinski definition) is 2. The summed E-state index contributed by atoms with van der Waals surface area (Å²) in [6.45, 7) is 4.75. The second-order valence-corrected chi connectivity index (χ2v) is 7.63. The van der Waals surface area contributed by atoms with Crippen molar-refractivity contribution in [2.45, 2.75) is 25.6 Å². The van der Waals surface area contributed by atoms with Crippen molar-refractivity contribution in [3.8, 4) is 11.1 Å². The molecule has 32 heavy (non-hydrogen) atoms. The van der Waals surface area contributed by atoms with Gasteiger partial charge < -0.3 is 25.1 Å². The molecule has 1 saturated heterocycles. The third-order valence-corrected chi connectivity index (χ3v) is 5.40. The summed E-state index contributed by atoms with van der Waals surface area (Å²) in [7, 11) is 0. The van der Waals surface area contributed by atoms with Gasteiger partial charge in [0.05, 0.1) is 17.9 Å². The molecule has 0 aromatic carbocycles. The maximum atomic E-state index is 13.1. The zero-order valence-corrected chi connectivity index (χ0v) is 17.4. The van der Waals surface area contributed by atoms with Crippen molar-refractivity contribution in [2.24, 2.45) is 0 Å². The molecule has 4 heterocycles. The Labute approximate surface area is 182 Å². The Bertz CT molecular complexity index is 1130. The minimum atomic E-state index is -4.60. The van der Waals surface area contributed by atoms with Crippen LogP contribution in [-0.2, 0) is 15.7 Å². The van der Waals surface area contributed by atoms with Crippen molar-refractivity contribution in [3.63, 3.8) is 0 Å². The number of rotatable bonds is 6. The van der Waals surface area contributed by atoms with E-state index in [0.29, 0.717) is 17.0 Å². The molecule has 1 fully saturated rings. The number of nitrogens with two attached hydrogens (primary N) is 1. The second-order valence-electron chi connectivity index (χ2n) is 7.63. The number of amides is 1. The first-order valence-corrected chi connectivity index (χ1v) is 10.2. The van der Waals surface area contributed by atoms with Crippen molar-refractivity contribution in [2.75, 3.05) is 37.3 Å². The first-order valence-electron chi connectivity index (χ1n) is 10.2. The number of imidazole rings is 1. The Morgan fingerprint density at radius 2 is 2.12 bits per heavy atom. The van der Waals surface area contributed by atoms with Crippen LogP contribution in [0.25, 0.3) is 16.8 Å². The number of aromatic nitrogens is 3. The lowest BCUT2D eigenvalue weighted by Gasteiger charge is -2.13. The Balaban J connectivity index is 1.45. The summed E-state index contributed by atoms with van der Waals surface area (Å²) in [4.78, 5) is 22.5. The van der Waals surface area contributed by atoms with Crippen LogP contribution in [0.4, 0.5) is 24.8 Å². The molecular formula is C21H23F3N6O2. The van der Waals surface area contributed by atoms with Gasteiger partial charge in [-0.2, -0.15) is 13.2 Å². The van der Waals surface area contributed by atoms with Crippen LogP contribution in [0, 0.1) is 0 Å². The average Bonchev–Trinajstić information content (AvgIpc) is 3.37. The molecule has 1 aliphatic rings. The SMILES string of the molecule is CCN1CCC(OCC(=O)Nc2cn3cc(-c4cnc(N)c(C(F)(F)F)c4)ccc3n2)C1. The van der Waals surface area contributed by atoms with E-state index < -0.39 is 17.6 Å². The second kappa shape index (κ2) is 8.75. The fourth-order valence-corrected chi connectivity index (χ4v) is 3.68. The number of pyridine rings is 2. The Morgan fingerprint density at radius 1 is 1.31 bits per heavy atom. The highest BCUT2D eigenvalue weighted by Crippen LogP contribution is 2.35. The van der Waals surface area contributed by atoms with E-state index in [0.717, 1.165) is 32.1 Å². The molecular weight excluding hydrogens is 425 g/mol. The van der Waals surface area contributed by atoms with Crippen LogP contribution in [0.1, 0.15) is 18.9 Å². The smallest absolute Gasteiger partial charge is 0.383 e. The predicted molar refractivity (Wildman–Crippen MR) is 113 cm³/mol. The molecule has 11 heteroatoms. The summed E-state index contributed by atoms with van der Waals surface area (Å²) in [5, 5.41) is 2.69. The number of nitrogen functional groups attached to an aromatic ring is 1. The number of anilines is 2. The lowest BCUT2D eigenvalue weighted by Crippen LogP contribution is -2.26. The first-order chi connectivity index (χ1) is 15.2. The average molecular weight is 448 g/mol. The maximum Gasteiger partial charge on any atom is 0.419 e. The molecule has 170 valence electrons. The zero-order valence-electron chi connectivity index (χ0n) is 17.4. The highest BCUT2D eigenvalue weighted by Gasteiger charge is 2.34. The molecule has 0 aliphatic carbocycles. The molecule has 3 N–H and O–H groups in total. The van der Waals surface area contributed by atoms with E-state index in [2.05, 4.69) is 27.1 Å². The third kappa shape index (κ3) is 4.83. The topological polar surface area (TPSA) is 97.8 Å². The number of hydrogen-bond acceptors (Lipinski definition) is 6. The van der Waals surface area contributed by atoms with Crippen LogP contribution in [0.2, 0.25) is 0 Å². The Kier molecular flexibility index (Phi) is 6.02. The van der Waals surface area contributed by atoms with Gasteiger partial charge in [0.25, 0.3) is 5.91 Å². The zero-order chi connectivity index (χ0) is 22.9. The van der Waals surface area contributed by atoms with Crippen LogP contribution in [0.3, 0.4) is 0 Å². The number of alkyl halides is 3. The van der Waals surface area contributed by atoms with Crippen molar-refractivity contribution in [1.82, 2.24) is 19.3 Å². The van der Waals surface area contributed by atoms with Crippen LogP contribution < -0.4 is 11.1 Å². The molecule has 3 aromatic heterocycles. The quantitative estimate of drug-likeness (QED) is 0.602. The lowest BCUT2D eigenvalue weighted by atomic mass is 10.1. The Hall–Kier alpha value is -3.18. The fraction of sp³-hybridized carbons (Fsp3) is 0.381. The van der Waals surface area contributed by atoms with Crippen LogP contribution in [0.5, 0.6) is 0 Å². The first kappa shape index (κ1) is 22.0. The summed E-state index contributed by atoms with van der Waals surface area (Å²) < 4.78 is 46.7. The van der Waals surface area contributed by atoms with Gasteiger partial charge in [-0.1, -0.05) is 6.92 Å². The van der Waals surface area contributed by atoms with Gasteiger partial charge in [0, 0.05) is 36.6 Å². The molecule has 1 aliphatic heterocycles. The molecule has 3 aromatic rings. The van der Waals surface area contributed by atoms with Crippen LogP contribution in [0.15, 0.2) is 36.8 Å². The number of carbonyl (C=O) groups excluding carboxylic acids is 1. The number of nitrogens with zero attached hydrogens (tertiary/aromatic N) is 4. The summed E-state index contributed by atoms with van der Waals surface area (Å²) in [5.41, 5.74) is 5.67. The number of halogens is 3. The summed E-state index contributed by atoms with van der Waals surface area (Å²) in [6.07, 6.45) is 0.818. The number of likely N-dealkylation sites (tertiary alicyclic amines) is 1. The highest BCUT2D eigenvalue weighted by atomic mass is 19.4. The molecule has 4 rings (SSSR count). The third-order valence-electron chi connectivity index (χ3n) is 5.40. The molecule has 0 spiro atoms. The monoisotopic (exact) mass is 448 g/mol. The normalized spacial score (nSPS) is 17.2. The van der Waals surface area contributed by atoms with E-state index >= 15 is 0 Å². The van der Waals surface area contributed by atoms with E-state index in [1.54, 1.807) is 28.9 Å². The van der Waals surface area contributed by atoms with Gasteiger partial charge in [-0.05, 0) is 31.2 Å². The van der Waals surface area contributed by atoms with Gasteiger partial charge in [-0.15, -0.1) is 0 Å². The molecule has 1 atom stereocenters. The van der Waals surface area contributed by atoms with E-state index in [4.69, 9.17) is 10.5 Å². The molecule has 0 radical (unpaired) electrons. The van der Waals surface area contributed by atoms with Crippen LogP contribution >= 0.6 is 0 Å². The van der Waals surface area contributed by atoms with Gasteiger partial charge in [0.1, 0.15) is 18.1 Å². The number of fused-ring (bicyclic) bond motifs is 1. The van der Waals surface area contributed by atoms with Gasteiger partial charge in [0.2, 0.25) is 0 Å². The van der Waals surface area contributed by atoms with E-state index in [1.165, 1.54) is 6.20 Å².